The Bertz CT molecular complexity index is 362. The molecule has 0 amide bonds. The van der Waals surface area contributed by atoms with Crippen molar-refractivity contribution in [2.45, 2.75) is 26.9 Å². The lowest BCUT2D eigenvalue weighted by Gasteiger charge is -2.31. The van der Waals surface area contributed by atoms with E-state index in [1.165, 1.54) is 21.1 Å². The highest BCUT2D eigenvalue weighted by atomic mass is 16.7. The van der Waals surface area contributed by atoms with E-state index in [0.717, 1.165) is 0 Å². The zero-order chi connectivity index (χ0) is 16.5. The predicted molar refractivity (Wildman–Crippen MR) is 74.3 cm³/mol. The average Bonchev–Trinajstić information content (AvgIpc) is 2.41. The third kappa shape index (κ3) is 7.22. The van der Waals surface area contributed by atoms with Gasteiger partial charge in [-0.3, -0.25) is 0 Å². The Labute approximate surface area is 125 Å². The van der Waals surface area contributed by atoms with Crippen LogP contribution in [0.2, 0.25) is 0 Å². The van der Waals surface area contributed by atoms with E-state index in [4.69, 9.17) is 18.9 Å². The van der Waals surface area contributed by atoms with Crippen LogP contribution in [-0.4, -0.2) is 52.5 Å². The summed E-state index contributed by atoms with van der Waals surface area (Å²) < 4.78 is 24.8. The molecule has 21 heavy (non-hydrogen) atoms. The van der Waals surface area contributed by atoms with Gasteiger partial charge >= 0.3 is 11.9 Å². The fraction of sp³-hybridized carbons (Fsp3) is 0.714. The third-order valence-corrected chi connectivity index (χ3v) is 2.49. The van der Waals surface area contributed by atoms with Crippen LogP contribution in [0.4, 0.5) is 0 Å². The molecular weight excluding hydrogens is 280 g/mol. The topological polar surface area (TPSA) is 80.3 Å². The summed E-state index contributed by atoms with van der Waals surface area (Å²) in [6.07, 6.45) is -1.14. The Hall–Kier alpha value is -1.44. The molecule has 0 aromatic carbocycles. The Morgan fingerprint density at radius 3 is 2.19 bits per heavy atom. The second-order valence-corrected chi connectivity index (χ2v) is 5.18. The van der Waals surface area contributed by atoms with E-state index in [2.05, 4.69) is 11.3 Å². The van der Waals surface area contributed by atoms with Gasteiger partial charge in [-0.05, 0) is 6.92 Å². The maximum Gasteiger partial charge on any atom is 0.350 e. The molecule has 0 N–H and O–H groups in total. The summed E-state index contributed by atoms with van der Waals surface area (Å²) in [4.78, 5) is 23.7. The summed E-state index contributed by atoms with van der Waals surface area (Å²) in [7, 11) is 2.87. The van der Waals surface area contributed by atoms with Gasteiger partial charge in [0, 0.05) is 25.2 Å². The molecule has 0 bridgehead atoms. The first kappa shape index (κ1) is 19.6. The van der Waals surface area contributed by atoms with Gasteiger partial charge in [0.15, 0.2) is 6.79 Å². The molecule has 122 valence electrons. The van der Waals surface area contributed by atoms with Crippen LogP contribution < -0.4 is 0 Å². The minimum Gasteiger partial charge on any atom is -0.446 e. The lowest BCUT2D eigenvalue weighted by atomic mass is 9.87. The number of esters is 2. The van der Waals surface area contributed by atoms with E-state index in [1.54, 1.807) is 13.8 Å². The van der Waals surface area contributed by atoms with Crippen LogP contribution in [0.1, 0.15) is 20.8 Å². The zero-order valence-electron chi connectivity index (χ0n) is 13.3. The molecular formula is C14H24O7. The Balaban J connectivity index is 4.95. The van der Waals surface area contributed by atoms with Gasteiger partial charge in [0.25, 0.3) is 0 Å². The Morgan fingerprint density at radius 2 is 1.71 bits per heavy atom. The van der Waals surface area contributed by atoms with Gasteiger partial charge in [-0.2, -0.15) is 0 Å². The number of carbonyl (C=O) groups excluding carboxylic acids is 2. The molecule has 1 unspecified atom stereocenters. The number of hydrogen-bond acceptors (Lipinski definition) is 7. The highest BCUT2D eigenvalue weighted by Crippen LogP contribution is 2.26. The van der Waals surface area contributed by atoms with Crippen LogP contribution in [-0.2, 0) is 33.3 Å². The molecule has 0 aliphatic heterocycles. The zero-order valence-corrected chi connectivity index (χ0v) is 13.3. The van der Waals surface area contributed by atoms with E-state index >= 15 is 0 Å². The first-order valence-corrected chi connectivity index (χ1v) is 6.35. The fourth-order valence-electron chi connectivity index (χ4n) is 1.39. The molecule has 0 aliphatic rings. The summed E-state index contributed by atoms with van der Waals surface area (Å²) in [6.45, 7) is 8.39. The van der Waals surface area contributed by atoms with Crippen molar-refractivity contribution < 1.29 is 33.3 Å². The van der Waals surface area contributed by atoms with Gasteiger partial charge in [0.2, 0.25) is 6.10 Å². The number of rotatable bonds is 10. The number of carbonyl (C=O) groups is 2. The van der Waals surface area contributed by atoms with E-state index in [0.29, 0.717) is 0 Å². The molecule has 1 atom stereocenters. The second kappa shape index (κ2) is 9.49. The molecule has 0 aromatic heterocycles. The van der Waals surface area contributed by atoms with Crippen LogP contribution >= 0.6 is 0 Å². The molecule has 0 fully saturated rings. The molecule has 0 saturated carbocycles. The van der Waals surface area contributed by atoms with Gasteiger partial charge in [-0.1, -0.05) is 20.4 Å². The highest BCUT2D eigenvalue weighted by molar-refractivity contribution is 5.89. The van der Waals surface area contributed by atoms with Gasteiger partial charge < -0.3 is 23.7 Å². The van der Waals surface area contributed by atoms with Crippen LogP contribution in [0, 0.1) is 5.41 Å². The molecule has 0 aromatic rings. The van der Waals surface area contributed by atoms with Gasteiger partial charge in [-0.25, -0.2) is 9.59 Å². The van der Waals surface area contributed by atoms with E-state index in [9.17, 15) is 9.59 Å². The quantitative estimate of drug-likeness (QED) is 0.260. The monoisotopic (exact) mass is 304 g/mol. The molecule has 0 saturated heterocycles. The van der Waals surface area contributed by atoms with Crippen LogP contribution in [0.3, 0.4) is 0 Å². The van der Waals surface area contributed by atoms with Gasteiger partial charge in [0.05, 0.1) is 6.61 Å². The number of methoxy groups -OCH3 is 2. The van der Waals surface area contributed by atoms with E-state index in [1.807, 2.05) is 0 Å². The van der Waals surface area contributed by atoms with Crippen molar-refractivity contribution in [1.29, 1.82) is 0 Å². The molecule has 0 spiro atoms. The average molecular weight is 304 g/mol. The first-order valence-electron chi connectivity index (χ1n) is 6.35. The van der Waals surface area contributed by atoms with Crippen LogP contribution in [0.15, 0.2) is 12.2 Å². The molecule has 0 heterocycles. The second-order valence-electron chi connectivity index (χ2n) is 5.18. The van der Waals surface area contributed by atoms with Crippen molar-refractivity contribution in [1.82, 2.24) is 0 Å². The SMILES string of the molecule is C=C(C)C(=O)OC(C(=O)OCOC)C(C)(C)COCOC. The third-order valence-electron chi connectivity index (χ3n) is 2.49. The first-order chi connectivity index (χ1) is 9.76. The Kier molecular flexibility index (Phi) is 8.84. The summed E-state index contributed by atoms with van der Waals surface area (Å²) in [5.74, 6) is -1.38. The minimum atomic E-state index is -1.14. The maximum absolute atomic E-state index is 12.0. The smallest absolute Gasteiger partial charge is 0.350 e. The van der Waals surface area contributed by atoms with Crippen molar-refractivity contribution in [2.75, 3.05) is 34.4 Å². The van der Waals surface area contributed by atoms with Crippen molar-refractivity contribution in [2.24, 2.45) is 5.41 Å². The minimum absolute atomic E-state index is 0.0672. The van der Waals surface area contributed by atoms with E-state index < -0.39 is 23.5 Å². The van der Waals surface area contributed by atoms with Crippen molar-refractivity contribution in [3.05, 3.63) is 12.2 Å². The number of hydrogen-bond donors (Lipinski definition) is 0. The van der Waals surface area contributed by atoms with Crippen molar-refractivity contribution in [3.8, 4) is 0 Å². The summed E-state index contributed by atoms with van der Waals surface area (Å²) in [6, 6.07) is 0. The van der Waals surface area contributed by atoms with Crippen molar-refractivity contribution in [3.63, 3.8) is 0 Å². The van der Waals surface area contributed by atoms with E-state index in [-0.39, 0.29) is 25.8 Å². The van der Waals surface area contributed by atoms with Crippen LogP contribution in [0.25, 0.3) is 0 Å². The molecule has 7 nitrogen and oxygen atoms in total. The van der Waals surface area contributed by atoms with Crippen LogP contribution in [0.5, 0.6) is 0 Å². The summed E-state index contributed by atoms with van der Waals surface area (Å²) in [5.41, 5.74) is -0.623. The Morgan fingerprint density at radius 1 is 1.14 bits per heavy atom. The fourth-order valence-corrected chi connectivity index (χ4v) is 1.39. The largest absolute Gasteiger partial charge is 0.446 e. The molecule has 0 radical (unpaired) electrons. The van der Waals surface area contributed by atoms with Gasteiger partial charge in [-0.15, -0.1) is 0 Å². The lowest BCUT2D eigenvalue weighted by Crippen LogP contribution is -2.44. The molecule has 0 rings (SSSR count). The van der Waals surface area contributed by atoms with Gasteiger partial charge in [0.1, 0.15) is 6.79 Å². The number of ether oxygens (including phenoxy) is 5. The lowest BCUT2D eigenvalue weighted by molar-refractivity contribution is -0.186. The predicted octanol–water partition coefficient (Wildman–Crippen LogP) is 1.27. The summed E-state index contributed by atoms with van der Waals surface area (Å²) in [5, 5.41) is 0. The molecule has 0 aliphatic carbocycles. The normalized spacial score (nSPS) is 12.6. The molecule has 7 heteroatoms. The maximum atomic E-state index is 12.0. The summed E-state index contributed by atoms with van der Waals surface area (Å²) >= 11 is 0. The highest BCUT2D eigenvalue weighted by Gasteiger charge is 2.40. The van der Waals surface area contributed by atoms with Crippen molar-refractivity contribution >= 4 is 11.9 Å². The standard InChI is InChI=1S/C14H24O7/c1-10(2)12(15)21-11(13(16)20-9-18-6)14(3,4)7-19-8-17-5/h11H,1,7-9H2,2-6H3.